The molecule has 0 unspecified atom stereocenters. The Bertz CT molecular complexity index is 1240. The van der Waals surface area contributed by atoms with Gasteiger partial charge in [-0.15, -0.1) is 0 Å². The van der Waals surface area contributed by atoms with E-state index in [-0.39, 0.29) is 17.1 Å². The third-order valence-electron chi connectivity index (χ3n) is 4.89. The molecule has 0 aromatic heterocycles. The molecule has 0 aliphatic heterocycles. The summed E-state index contributed by atoms with van der Waals surface area (Å²) in [5, 5.41) is 2.65. The molecule has 1 amide bonds. The minimum atomic E-state index is -4.40. The molecule has 0 heterocycles. The van der Waals surface area contributed by atoms with E-state index in [9.17, 15) is 26.4 Å². The van der Waals surface area contributed by atoms with Crippen molar-refractivity contribution in [2.75, 3.05) is 16.6 Å². The van der Waals surface area contributed by atoms with Crippen LogP contribution in [-0.4, -0.2) is 27.1 Å². The van der Waals surface area contributed by atoms with Crippen LogP contribution in [0, 0.1) is 13.8 Å². The summed E-state index contributed by atoms with van der Waals surface area (Å²) in [4.78, 5) is 12.5. The van der Waals surface area contributed by atoms with E-state index >= 15 is 0 Å². The lowest BCUT2D eigenvalue weighted by molar-refractivity contribution is -0.176. The van der Waals surface area contributed by atoms with Gasteiger partial charge in [-0.05, 0) is 66.9 Å². The number of anilines is 2. The quantitative estimate of drug-likeness (QED) is 0.439. The molecule has 0 aliphatic carbocycles. The number of amides is 1. The summed E-state index contributed by atoms with van der Waals surface area (Å²) in [6, 6.07) is 17.1. The third kappa shape index (κ3) is 6.82. The van der Waals surface area contributed by atoms with Crippen molar-refractivity contribution in [3.8, 4) is 0 Å². The lowest BCUT2D eigenvalue weighted by atomic mass is 10.1. The topological polar surface area (TPSA) is 84.5 Å². The average Bonchev–Trinajstić information content (AvgIpc) is 2.76. The minimum absolute atomic E-state index is 0.0383. The van der Waals surface area contributed by atoms with Gasteiger partial charge in [0.05, 0.1) is 17.2 Å². The van der Waals surface area contributed by atoms with Crippen LogP contribution in [-0.2, 0) is 21.4 Å². The average molecular weight is 493 g/mol. The van der Waals surface area contributed by atoms with E-state index < -0.39 is 28.7 Å². The summed E-state index contributed by atoms with van der Waals surface area (Å²) in [7, 11) is -3.82. The lowest BCUT2D eigenvalue weighted by Crippen LogP contribution is -2.16. The molecule has 2 N–H and O–H groups in total. The molecule has 0 radical (unpaired) electrons. The Morgan fingerprint density at radius 2 is 1.50 bits per heavy atom. The van der Waals surface area contributed by atoms with Gasteiger partial charge in [-0.1, -0.05) is 30.3 Å². The molecule has 0 spiro atoms. The fourth-order valence-electron chi connectivity index (χ4n) is 3.13. The van der Waals surface area contributed by atoms with Crippen LogP contribution in [0.25, 0.3) is 0 Å². The molecule has 10 heteroatoms. The summed E-state index contributed by atoms with van der Waals surface area (Å²) in [6.07, 6.45) is -4.40. The molecule has 3 aromatic carbocycles. The first-order valence-corrected chi connectivity index (χ1v) is 11.7. The fourth-order valence-corrected chi connectivity index (χ4v) is 4.33. The Morgan fingerprint density at radius 1 is 0.912 bits per heavy atom. The first-order chi connectivity index (χ1) is 15.9. The largest absolute Gasteiger partial charge is 0.411 e. The number of carbonyl (C=O) groups excluding carboxylic acids is 1. The second kappa shape index (κ2) is 10.3. The maximum Gasteiger partial charge on any atom is 0.411 e. The van der Waals surface area contributed by atoms with Crippen molar-refractivity contribution >= 4 is 27.3 Å². The van der Waals surface area contributed by atoms with Gasteiger partial charge in [-0.2, -0.15) is 13.2 Å². The van der Waals surface area contributed by atoms with Crippen molar-refractivity contribution in [1.29, 1.82) is 0 Å². The van der Waals surface area contributed by atoms with Gasteiger partial charge in [-0.3, -0.25) is 9.52 Å². The summed E-state index contributed by atoms with van der Waals surface area (Å²) < 4.78 is 69.1. The molecule has 0 saturated carbocycles. The number of hydrogen-bond acceptors (Lipinski definition) is 4. The standard InChI is InChI=1S/C24H23F3N2O4S/c1-16-4-3-5-17(2)22(16)29-34(31,32)21-12-10-20(11-13-21)28-23(30)19-8-6-18(7-9-19)14-33-15-24(25,26)27/h3-13,29H,14-15H2,1-2H3,(H,28,30). The van der Waals surface area contributed by atoms with Gasteiger partial charge < -0.3 is 10.1 Å². The van der Waals surface area contributed by atoms with Gasteiger partial charge in [0.15, 0.2) is 0 Å². The number of nitrogens with one attached hydrogen (secondary N) is 2. The Kier molecular flexibility index (Phi) is 7.63. The van der Waals surface area contributed by atoms with Gasteiger partial charge in [0.25, 0.3) is 15.9 Å². The first-order valence-electron chi connectivity index (χ1n) is 10.2. The maximum atomic E-state index is 12.8. The molecular weight excluding hydrogens is 469 g/mol. The van der Waals surface area contributed by atoms with Crippen LogP contribution in [0.15, 0.2) is 71.6 Å². The van der Waals surface area contributed by atoms with Crippen molar-refractivity contribution < 1.29 is 31.1 Å². The van der Waals surface area contributed by atoms with E-state index in [4.69, 9.17) is 0 Å². The fraction of sp³-hybridized carbons (Fsp3) is 0.208. The van der Waals surface area contributed by atoms with E-state index in [0.717, 1.165) is 11.1 Å². The lowest BCUT2D eigenvalue weighted by Gasteiger charge is -2.13. The maximum absolute atomic E-state index is 12.8. The molecule has 0 saturated heterocycles. The highest BCUT2D eigenvalue weighted by Gasteiger charge is 2.27. The zero-order valence-electron chi connectivity index (χ0n) is 18.4. The number of ether oxygens (including phenoxy) is 1. The van der Waals surface area contributed by atoms with Crippen LogP contribution in [0.3, 0.4) is 0 Å². The number of carbonyl (C=O) groups is 1. The van der Waals surface area contributed by atoms with Gasteiger partial charge >= 0.3 is 6.18 Å². The van der Waals surface area contributed by atoms with Crippen LogP contribution in [0.1, 0.15) is 27.0 Å². The highest BCUT2D eigenvalue weighted by atomic mass is 32.2. The Morgan fingerprint density at radius 3 is 2.06 bits per heavy atom. The molecule has 34 heavy (non-hydrogen) atoms. The van der Waals surface area contributed by atoms with E-state index in [1.54, 1.807) is 0 Å². The first kappa shape index (κ1) is 25.3. The number of alkyl halides is 3. The van der Waals surface area contributed by atoms with Crippen LogP contribution < -0.4 is 10.0 Å². The van der Waals surface area contributed by atoms with Crippen LogP contribution in [0.4, 0.5) is 24.5 Å². The number of para-hydroxylation sites is 1. The summed E-state index contributed by atoms with van der Waals surface area (Å²) in [6.45, 7) is 2.05. The monoisotopic (exact) mass is 492 g/mol. The molecule has 3 rings (SSSR count). The Labute approximate surface area is 195 Å². The number of rotatable bonds is 8. The molecular formula is C24H23F3N2O4S. The van der Waals surface area contributed by atoms with Crippen LogP contribution >= 0.6 is 0 Å². The minimum Gasteiger partial charge on any atom is -0.367 e. The molecule has 0 fully saturated rings. The van der Waals surface area contributed by atoms with Crippen molar-refractivity contribution in [3.63, 3.8) is 0 Å². The van der Waals surface area contributed by atoms with Gasteiger partial charge in [0, 0.05) is 11.3 Å². The SMILES string of the molecule is Cc1cccc(C)c1NS(=O)(=O)c1ccc(NC(=O)c2ccc(COCC(F)(F)F)cc2)cc1. The number of hydrogen-bond donors (Lipinski definition) is 2. The Hall–Kier alpha value is -3.37. The van der Waals surface area contributed by atoms with E-state index in [2.05, 4.69) is 14.8 Å². The third-order valence-corrected chi connectivity index (χ3v) is 6.26. The van der Waals surface area contributed by atoms with Gasteiger partial charge in [0.2, 0.25) is 0 Å². The summed E-state index contributed by atoms with van der Waals surface area (Å²) in [5.41, 5.74) is 3.27. The molecule has 180 valence electrons. The van der Waals surface area contributed by atoms with Crippen LogP contribution in [0.5, 0.6) is 0 Å². The number of sulfonamides is 1. The van der Waals surface area contributed by atoms with Crippen molar-refractivity contribution in [1.82, 2.24) is 0 Å². The number of aryl methyl sites for hydroxylation is 2. The highest BCUT2D eigenvalue weighted by Crippen LogP contribution is 2.24. The predicted molar refractivity (Wildman–Crippen MR) is 123 cm³/mol. The second-order valence-electron chi connectivity index (χ2n) is 7.66. The van der Waals surface area contributed by atoms with Crippen molar-refractivity contribution in [2.24, 2.45) is 0 Å². The predicted octanol–water partition coefficient (Wildman–Crippen LogP) is 5.44. The van der Waals surface area contributed by atoms with Gasteiger partial charge in [-0.25, -0.2) is 8.42 Å². The van der Waals surface area contributed by atoms with Crippen molar-refractivity contribution in [3.05, 3.63) is 89.0 Å². The second-order valence-corrected chi connectivity index (χ2v) is 9.34. The summed E-state index contributed by atoms with van der Waals surface area (Å²) in [5.74, 6) is -0.452. The molecule has 0 aliphatic rings. The molecule has 3 aromatic rings. The highest BCUT2D eigenvalue weighted by molar-refractivity contribution is 7.92. The normalized spacial score (nSPS) is 11.8. The van der Waals surface area contributed by atoms with Gasteiger partial charge in [0.1, 0.15) is 6.61 Å². The zero-order chi connectivity index (χ0) is 24.9. The van der Waals surface area contributed by atoms with Crippen LogP contribution in [0.2, 0.25) is 0 Å². The zero-order valence-corrected chi connectivity index (χ0v) is 19.3. The number of benzene rings is 3. The molecule has 0 bridgehead atoms. The van der Waals surface area contributed by atoms with Crippen molar-refractivity contribution in [2.45, 2.75) is 31.5 Å². The molecule has 6 nitrogen and oxygen atoms in total. The number of halogens is 3. The summed E-state index contributed by atoms with van der Waals surface area (Å²) >= 11 is 0. The van der Waals surface area contributed by atoms with E-state index in [0.29, 0.717) is 16.9 Å². The van der Waals surface area contributed by atoms with E-state index in [1.807, 2.05) is 32.0 Å². The Balaban J connectivity index is 1.62. The smallest absolute Gasteiger partial charge is 0.367 e. The molecule has 0 atom stereocenters. The van der Waals surface area contributed by atoms with E-state index in [1.165, 1.54) is 48.5 Å².